The number of hydrogen-bond donors (Lipinski definition) is 2. The third kappa shape index (κ3) is 2.20. The van der Waals surface area contributed by atoms with Crippen LogP contribution in [0.4, 0.5) is 0 Å². The van der Waals surface area contributed by atoms with E-state index in [0.717, 1.165) is 6.42 Å². The summed E-state index contributed by atoms with van der Waals surface area (Å²) in [4.78, 5) is 11.1. The van der Waals surface area contributed by atoms with E-state index in [9.17, 15) is 4.79 Å². The van der Waals surface area contributed by atoms with E-state index in [1.54, 1.807) is 24.3 Å². The summed E-state index contributed by atoms with van der Waals surface area (Å²) in [6.07, 6.45) is 0.878. The fraction of sp³-hybridized carbons (Fsp3) is 0.231. The molecule has 1 heterocycles. The average Bonchev–Trinajstić information content (AvgIpc) is 2.35. The Labute approximate surface area is 104 Å². The lowest BCUT2D eigenvalue weighted by Crippen LogP contribution is -2.20. The van der Waals surface area contributed by atoms with Crippen molar-refractivity contribution in [2.24, 2.45) is 5.73 Å². The first kappa shape index (κ1) is 12.2. The van der Waals surface area contributed by atoms with Gasteiger partial charge >= 0.3 is 0 Å². The van der Waals surface area contributed by atoms with Crippen molar-refractivity contribution in [3.05, 3.63) is 35.4 Å². The SMILES string of the molecule is CCCOc1cccc2cc(C(N)=O)c(=N)oc12. The summed E-state index contributed by atoms with van der Waals surface area (Å²) in [6.45, 7) is 2.57. The fourth-order valence-corrected chi connectivity index (χ4v) is 1.64. The predicted molar refractivity (Wildman–Crippen MR) is 66.4 cm³/mol. The maximum absolute atomic E-state index is 11.1. The van der Waals surface area contributed by atoms with Gasteiger partial charge in [0.05, 0.1) is 6.61 Å². The molecule has 0 spiro atoms. The van der Waals surface area contributed by atoms with Gasteiger partial charge in [-0.05, 0) is 18.6 Å². The highest BCUT2D eigenvalue weighted by Gasteiger charge is 2.10. The minimum Gasteiger partial charge on any atom is -0.490 e. The van der Waals surface area contributed by atoms with Gasteiger partial charge in [0, 0.05) is 5.39 Å². The Balaban J connectivity index is 2.61. The van der Waals surface area contributed by atoms with E-state index < -0.39 is 5.91 Å². The van der Waals surface area contributed by atoms with Gasteiger partial charge < -0.3 is 14.9 Å². The molecule has 0 atom stereocenters. The molecule has 0 saturated carbocycles. The molecule has 0 bridgehead atoms. The number of nitrogens with one attached hydrogen (secondary N) is 1. The molecule has 0 unspecified atom stereocenters. The molecular weight excluding hydrogens is 232 g/mol. The van der Waals surface area contributed by atoms with Crippen molar-refractivity contribution < 1.29 is 13.9 Å². The molecule has 94 valence electrons. The highest BCUT2D eigenvalue weighted by Crippen LogP contribution is 2.24. The largest absolute Gasteiger partial charge is 0.490 e. The summed E-state index contributed by atoms with van der Waals surface area (Å²) in [5.41, 5.74) is 5.45. The van der Waals surface area contributed by atoms with Crippen LogP contribution in [0.15, 0.2) is 28.7 Å². The highest BCUT2D eigenvalue weighted by molar-refractivity contribution is 5.96. The first-order valence-electron chi connectivity index (χ1n) is 5.67. The summed E-state index contributed by atoms with van der Waals surface area (Å²) >= 11 is 0. The van der Waals surface area contributed by atoms with E-state index in [-0.39, 0.29) is 11.1 Å². The van der Waals surface area contributed by atoms with Crippen molar-refractivity contribution in [3.63, 3.8) is 0 Å². The molecule has 2 aromatic rings. The molecular formula is C13H14N2O3. The summed E-state index contributed by atoms with van der Waals surface area (Å²) in [7, 11) is 0. The first-order chi connectivity index (χ1) is 8.63. The van der Waals surface area contributed by atoms with Crippen LogP contribution in [-0.2, 0) is 0 Å². The van der Waals surface area contributed by atoms with E-state index in [1.807, 2.05) is 6.92 Å². The second-order valence-corrected chi connectivity index (χ2v) is 3.88. The van der Waals surface area contributed by atoms with Gasteiger partial charge in [-0.1, -0.05) is 19.1 Å². The number of primary amides is 1. The zero-order chi connectivity index (χ0) is 13.1. The molecule has 0 aliphatic heterocycles. The third-order valence-corrected chi connectivity index (χ3v) is 2.49. The van der Waals surface area contributed by atoms with Crippen LogP contribution in [-0.4, -0.2) is 12.5 Å². The zero-order valence-electron chi connectivity index (χ0n) is 10.0. The Morgan fingerprint density at radius 3 is 2.94 bits per heavy atom. The van der Waals surface area contributed by atoms with E-state index in [1.165, 1.54) is 0 Å². The third-order valence-electron chi connectivity index (χ3n) is 2.49. The van der Waals surface area contributed by atoms with Crippen molar-refractivity contribution >= 4 is 16.9 Å². The highest BCUT2D eigenvalue weighted by atomic mass is 16.5. The van der Waals surface area contributed by atoms with Gasteiger partial charge in [0.15, 0.2) is 11.3 Å². The van der Waals surface area contributed by atoms with E-state index >= 15 is 0 Å². The van der Waals surface area contributed by atoms with Crippen LogP contribution in [0.5, 0.6) is 5.75 Å². The molecule has 3 N–H and O–H groups in total. The van der Waals surface area contributed by atoms with Crippen molar-refractivity contribution in [3.8, 4) is 5.75 Å². The lowest BCUT2D eigenvalue weighted by molar-refractivity contribution is 0.0996. The molecule has 18 heavy (non-hydrogen) atoms. The molecule has 5 nitrogen and oxygen atoms in total. The minimum atomic E-state index is -0.675. The fourth-order valence-electron chi connectivity index (χ4n) is 1.64. The van der Waals surface area contributed by atoms with Crippen molar-refractivity contribution in [1.29, 1.82) is 5.41 Å². The molecule has 0 aliphatic carbocycles. The van der Waals surface area contributed by atoms with Gasteiger partial charge in [-0.15, -0.1) is 0 Å². The van der Waals surface area contributed by atoms with Gasteiger partial charge in [0.2, 0.25) is 5.55 Å². The topological polar surface area (TPSA) is 89.3 Å². The summed E-state index contributed by atoms with van der Waals surface area (Å²) in [5, 5.41) is 8.32. The van der Waals surface area contributed by atoms with E-state index in [2.05, 4.69) is 0 Å². The summed E-state index contributed by atoms with van der Waals surface area (Å²) in [6, 6.07) is 6.90. The van der Waals surface area contributed by atoms with E-state index in [4.69, 9.17) is 20.3 Å². The molecule has 0 saturated heterocycles. The quantitative estimate of drug-likeness (QED) is 0.861. The van der Waals surface area contributed by atoms with Crippen LogP contribution in [0.3, 0.4) is 0 Å². The maximum Gasteiger partial charge on any atom is 0.254 e. The molecule has 0 fully saturated rings. The number of para-hydroxylation sites is 1. The number of hydrogen-bond acceptors (Lipinski definition) is 4. The van der Waals surface area contributed by atoms with Crippen LogP contribution in [0, 0.1) is 5.41 Å². The number of nitrogens with two attached hydrogens (primary N) is 1. The van der Waals surface area contributed by atoms with Gasteiger partial charge in [-0.3, -0.25) is 10.2 Å². The molecule has 1 amide bonds. The number of carbonyl (C=O) groups excluding carboxylic acids is 1. The lowest BCUT2D eigenvalue weighted by atomic mass is 10.1. The second kappa shape index (κ2) is 4.91. The molecule has 1 aromatic carbocycles. The van der Waals surface area contributed by atoms with E-state index in [0.29, 0.717) is 23.3 Å². The Morgan fingerprint density at radius 1 is 1.50 bits per heavy atom. The summed E-state index contributed by atoms with van der Waals surface area (Å²) < 4.78 is 10.9. The predicted octanol–water partition coefficient (Wildman–Crippen LogP) is 1.80. The van der Waals surface area contributed by atoms with Gasteiger partial charge in [0.25, 0.3) is 5.91 Å². The van der Waals surface area contributed by atoms with Crippen LogP contribution >= 0.6 is 0 Å². The second-order valence-electron chi connectivity index (χ2n) is 3.88. The van der Waals surface area contributed by atoms with Crippen molar-refractivity contribution in [2.45, 2.75) is 13.3 Å². The van der Waals surface area contributed by atoms with Crippen LogP contribution in [0.25, 0.3) is 11.0 Å². The van der Waals surface area contributed by atoms with Crippen molar-refractivity contribution in [2.75, 3.05) is 6.61 Å². The Hall–Kier alpha value is -2.30. The first-order valence-corrected chi connectivity index (χ1v) is 5.67. The van der Waals surface area contributed by atoms with Gasteiger partial charge in [-0.2, -0.15) is 0 Å². The maximum atomic E-state index is 11.1. The number of rotatable bonds is 4. The van der Waals surface area contributed by atoms with Crippen LogP contribution in [0.1, 0.15) is 23.7 Å². The number of amides is 1. The van der Waals surface area contributed by atoms with Crippen LogP contribution < -0.4 is 16.0 Å². The molecule has 1 aromatic heterocycles. The monoisotopic (exact) mass is 246 g/mol. The van der Waals surface area contributed by atoms with Crippen molar-refractivity contribution in [1.82, 2.24) is 0 Å². The molecule has 2 rings (SSSR count). The van der Waals surface area contributed by atoms with Crippen LogP contribution in [0.2, 0.25) is 0 Å². The molecule has 5 heteroatoms. The molecule has 0 aliphatic rings. The standard InChI is InChI=1S/C13H14N2O3/c1-2-6-17-10-5-3-4-8-7-9(12(14)16)13(15)18-11(8)10/h3-5,7,15H,2,6H2,1H3,(H2,14,16). The Morgan fingerprint density at radius 2 is 2.28 bits per heavy atom. The summed E-state index contributed by atoms with van der Waals surface area (Å²) in [5.74, 6) is -0.107. The zero-order valence-corrected chi connectivity index (χ0v) is 10.0. The number of ether oxygens (including phenoxy) is 1. The minimum absolute atomic E-state index is 0.0649. The average molecular weight is 246 g/mol. The van der Waals surface area contributed by atoms with Gasteiger partial charge in [0.1, 0.15) is 5.56 Å². The molecule has 0 radical (unpaired) electrons. The normalized spacial score (nSPS) is 10.5. The lowest BCUT2D eigenvalue weighted by Gasteiger charge is -2.07. The number of fused-ring (bicyclic) bond motifs is 1. The Kier molecular flexibility index (Phi) is 3.32. The smallest absolute Gasteiger partial charge is 0.254 e. The van der Waals surface area contributed by atoms with Gasteiger partial charge in [-0.25, -0.2) is 0 Å². The Bertz CT molecular complexity index is 646. The number of carbonyl (C=O) groups is 1. The number of benzene rings is 1.